The van der Waals surface area contributed by atoms with E-state index >= 15 is 0 Å². The molecule has 2 aliphatic rings. The molecule has 1 aliphatic carbocycles. The van der Waals surface area contributed by atoms with E-state index in [1.807, 2.05) is 0 Å². The molecular formula is C19H22FN3O4. The van der Waals surface area contributed by atoms with E-state index in [1.165, 1.54) is 20.2 Å². The Bertz CT molecular complexity index is 889. The molecule has 4 rings (SSSR count). The molecule has 4 unspecified atom stereocenters. The molecule has 2 heterocycles. The summed E-state index contributed by atoms with van der Waals surface area (Å²) in [5, 5.41) is 3.58. The van der Waals surface area contributed by atoms with Crippen LogP contribution in [0.5, 0.6) is 11.6 Å². The molecule has 1 aromatic heterocycles. The molecular weight excluding hydrogens is 353 g/mol. The van der Waals surface area contributed by atoms with Crippen molar-refractivity contribution in [2.45, 2.75) is 13.0 Å². The van der Waals surface area contributed by atoms with Crippen molar-refractivity contribution in [1.82, 2.24) is 10.3 Å². The number of nitrogens with one attached hydrogen (secondary N) is 1. The number of carbonyl (C=O) groups is 2. The fourth-order valence-electron chi connectivity index (χ4n) is 3.83. The summed E-state index contributed by atoms with van der Waals surface area (Å²) in [7, 11) is 2.93. The number of ether oxygens (including phenoxy) is 2. The second-order valence-corrected chi connectivity index (χ2v) is 6.56. The van der Waals surface area contributed by atoms with Crippen LogP contribution in [0.1, 0.15) is 17.3 Å². The number of amides is 1. The first kappa shape index (κ1) is 19.0. The zero-order chi connectivity index (χ0) is 19.7. The predicted octanol–water partition coefficient (Wildman–Crippen LogP) is 1.53. The van der Waals surface area contributed by atoms with Crippen molar-refractivity contribution in [3.63, 3.8) is 0 Å². The molecule has 3 N–H and O–H groups in total. The summed E-state index contributed by atoms with van der Waals surface area (Å²) in [4.78, 5) is 26.9. The number of piperidine rings is 1. The average Bonchev–Trinajstić information content (AvgIpc) is 3.25. The Morgan fingerprint density at radius 2 is 2.07 bits per heavy atom. The first-order chi connectivity index (χ1) is 13.0. The van der Waals surface area contributed by atoms with Crippen LogP contribution < -0.4 is 20.5 Å². The van der Waals surface area contributed by atoms with E-state index < -0.39 is 5.82 Å². The third-order valence-electron chi connectivity index (χ3n) is 5.22. The number of rotatable bonds is 5. The van der Waals surface area contributed by atoms with Crippen LogP contribution in [0.25, 0.3) is 10.8 Å². The van der Waals surface area contributed by atoms with Crippen LogP contribution in [-0.2, 0) is 4.79 Å². The molecule has 27 heavy (non-hydrogen) atoms. The van der Waals surface area contributed by atoms with Crippen LogP contribution in [0.4, 0.5) is 4.39 Å². The fourth-order valence-corrected chi connectivity index (χ4v) is 3.83. The van der Waals surface area contributed by atoms with Crippen LogP contribution in [-0.4, -0.2) is 44.0 Å². The minimum atomic E-state index is -0.543. The number of benzene rings is 1. The molecule has 0 radical (unpaired) electrons. The molecule has 4 atom stereocenters. The van der Waals surface area contributed by atoms with Crippen molar-refractivity contribution in [2.24, 2.45) is 23.5 Å². The van der Waals surface area contributed by atoms with Crippen LogP contribution >= 0.6 is 0 Å². The van der Waals surface area contributed by atoms with Crippen molar-refractivity contribution >= 4 is 23.0 Å². The summed E-state index contributed by atoms with van der Waals surface area (Å²) < 4.78 is 25.1. The molecule has 1 saturated carbocycles. The van der Waals surface area contributed by atoms with Gasteiger partial charge in [0.25, 0.3) is 0 Å². The summed E-state index contributed by atoms with van der Waals surface area (Å²) in [5.74, 6) is 0.842. The molecule has 1 aliphatic heterocycles. The Balaban J connectivity index is 0.00000102. The van der Waals surface area contributed by atoms with Gasteiger partial charge in [0.15, 0.2) is 6.29 Å². The predicted molar refractivity (Wildman–Crippen MR) is 97.3 cm³/mol. The maximum atomic E-state index is 14.1. The minimum Gasteiger partial charge on any atom is -0.496 e. The van der Waals surface area contributed by atoms with Gasteiger partial charge in [-0.3, -0.25) is 9.59 Å². The Hall–Kier alpha value is -2.74. The number of hydrogen-bond acceptors (Lipinski definition) is 6. The number of halogens is 1. The lowest BCUT2D eigenvalue weighted by atomic mass is 10.1. The number of hydrogen-bond donors (Lipinski definition) is 2. The second kappa shape index (κ2) is 7.48. The van der Waals surface area contributed by atoms with Crippen LogP contribution in [0, 0.1) is 23.6 Å². The monoisotopic (exact) mass is 375 g/mol. The highest BCUT2D eigenvalue weighted by Gasteiger charge is 2.61. The molecule has 1 amide bonds. The van der Waals surface area contributed by atoms with Gasteiger partial charge in [-0.1, -0.05) is 6.92 Å². The molecule has 1 saturated heterocycles. The van der Waals surface area contributed by atoms with E-state index in [0.29, 0.717) is 23.3 Å². The van der Waals surface area contributed by atoms with Crippen molar-refractivity contribution in [3.8, 4) is 11.6 Å². The molecule has 2 aromatic rings. The number of fused-ring (bicyclic) bond motifs is 2. The number of methoxy groups -OCH3 is 1. The minimum absolute atomic E-state index is 0.0643. The number of aldehydes is 1. The van der Waals surface area contributed by atoms with E-state index in [0.717, 1.165) is 6.20 Å². The van der Waals surface area contributed by atoms with Gasteiger partial charge in [0.1, 0.15) is 18.2 Å². The number of carbonyl (C=O) groups excluding carboxylic acids is 2. The van der Waals surface area contributed by atoms with Crippen molar-refractivity contribution in [3.05, 3.63) is 29.7 Å². The van der Waals surface area contributed by atoms with Gasteiger partial charge in [0, 0.05) is 11.3 Å². The topological polar surface area (TPSA) is 104 Å². The van der Waals surface area contributed by atoms with Gasteiger partial charge in [-0.15, -0.1) is 0 Å². The number of pyridine rings is 1. The van der Waals surface area contributed by atoms with Gasteiger partial charge < -0.3 is 20.5 Å². The number of nitrogens with two attached hydrogens (primary N) is 1. The van der Waals surface area contributed by atoms with Gasteiger partial charge in [0.2, 0.25) is 11.8 Å². The maximum Gasteiger partial charge on any atom is 0.224 e. The summed E-state index contributed by atoms with van der Waals surface area (Å²) >= 11 is 0. The molecule has 0 bridgehead atoms. The average molecular weight is 375 g/mol. The fraction of sp³-hybridized carbons (Fsp3) is 0.421. The highest BCUT2D eigenvalue weighted by atomic mass is 19.1. The highest BCUT2D eigenvalue weighted by molar-refractivity contribution is 5.95. The lowest BCUT2D eigenvalue weighted by Gasteiger charge is -2.16. The Morgan fingerprint density at radius 1 is 1.33 bits per heavy atom. The van der Waals surface area contributed by atoms with E-state index in [4.69, 9.17) is 9.47 Å². The quantitative estimate of drug-likeness (QED) is 0.768. The lowest BCUT2D eigenvalue weighted by molar-refractivity contribution is -0.121. The van der Waals surface area contributed by atoms with Crippen LogP contribution in [0.3, 0.4) is 0 Å². The van der Waals surface area contributed by atoms with Gasteiger partial charge in [0.05, 0.1) is 30.3 Å². The molecule has 2 fully saturated rings. The third kappa shape index (κ3) is 3.21. The van der Waals surface area contributed by atoms with Crippen molar-refractivity contribution in [2.75, 3.05) is 20.8 Å². The molecule has 144 valence electrons. The Morgan fingerprint density at radius 3 is 2.67 bits per heavy atom. The standard InChI is InChI=1S/C18H17FN2O4.CH5N/c1-8-15-13(21-17(23)16(8)15)7-25-18-11-4-14(24-2)9(6-22)3-10(11)12(19)5-20-18;1-2/h3-6,8,13,15-16H,7H2,1-2H3,(H,21,23);2H2,1H3. The maximum absolute atomic E-state index is 14.1. The third-order valence-corrected chi connectivity index (χ3v) is 5.22. The lowest BCUT2D eigenvalue weighted by Crippen LogP contribution is -2.36. The smallest absolute Gasteiger partial charge is 0.224 e. The van der Waals surface area contributed by atoms with Gasteiger partial charge in [-0.2, -0.15) is 0 Å². The van der Waals surface area contributed by atoms with Crippen molar-refractivity contribution in [1.29, 1.82) is 0 Å². The first-order valence-corrected chi connectivity index (χ1v) is 8.67. The summed E-state index contributed by atoms with van der Waals surface area (Å²) in [6, 6.07) is 2.90. The van der Waals surface area contributed by atoms with E-state index in [9.17, 15) is 14.0 Å². The van der Waals surface area contributed by atoms with E-state index in [-0.39, 0.29) is 47.2 Å². The number of nitrogens with zero attached hydrogens (tertiary/aromatic N) is 1. The zero-order valence-electron chi connectivity index (χ0n) is 15.4. The van der Waals surface area contributed by atoms with Crippen LogP contribution in [0.2, 0.25) is 0 Å². The first-order valence-electron chi connectivity index (χ1n) is 8.67. The molecule has 0 spiro atoms. The highest BCUT2D eigenvalue weighted by Crippen LogP contribution is 2.52. The van der Waals surface area contributed by atoms with E-state index in [1.54, 1.807) is 6.07 Å². The summed E-state index contributed by atoms with van der Waals surface area (Å²) in [5.41, 5.74) is 4.75. The second-order valence-electron chi connectivity index (χ2n) is 6.56. The van der Waals surface area contributed by atoms with Gasteiger partial charge in [-0.05, 0) is 31.0 Å². The normalized spacial score (nSPS) is 25.1. The Kier molecular flexibility index (Phi) is 5.27. The van der Waals surface area contributed by atoms with Gasteiger partial charge in [-0.25, -0.2) is 9.37 Å². The Labute approximate surface area is 156 Å². The van der Waals surface area contributed by atoms with Crippen LogP contribution in [0.15, 0.2) is 18.3 Å². The van der Waals surface area contributed by atoms with Gasteiger partial charge >= 0.3 is 0 Å². The SMILES string of the molecule is CN.COc1cc2c(OCC3NC(=O)C4C(C)C34)ncc(F)c2cc1C=O. The van der Waals surface area contributed by atoms with Crippen molar-refractivity contribution < 1.29 is 23.5 Å². The van der Waals surface area contributed by atoms with E-state index in [2.05, 4.69) is 23.0 Å². The number of aromatic nitrogens is 1. The zero-order valence-corrected chi connectivity index (χ0v) is 15.4. The summed E-state index contributed by atoms with van der Waals surface area (Å²) in [6.45, 7) is 2.32. The molecule has 7 nitrogen and oxygen atoms in total. The largest absolute Gasteiger partial charge is 0.496 e. The molecule has 1 aromatic carbocycles. The molecule has 8 heteroatoms. The summed E-state index contributed by atoms with van der Waals surface area (Å²) in [6.07, 6.45) is 1.68.